The van der Waals surface area contributed by atoms with Crippen LogP contribution in [0.1, 0.15) is 135 Å². The minimum atomic E-state index is -0.312. The number of methoxy groups -OCH3 is 1. The SMILES string of the molecule is CCCCCCCCCCCCCCCCCCCCCCNC(=O)OC. The van der Waals surface area contributed by atoms with E-state index in [1.165, 1.54) is 129 Å². The van der Waals surface area contributed by atoms with Crippen LogP contribution >= 0.6 is 0 Å². The molecule has 0 aromatic carbocycles. The van der Waals surface area contributed by atoms with Crippen LogP contribution in [0.25, 0.3) is 0 Å². The molecule has 0 aromatic heterocycles. The van der Waals surface area contributed by atoms with Gasteiger partial charge in [-0.15, -0.1) is 0 Å². The van der Waals surface area contributed by atoms with Gasteiger partial charge >= 0.3 is 6.09 Å². The van der Waals surface area contributed by atoms with E-state index < -0.39 is 0 Å². The van der Waals surface area contributed by atoms with Crippen molar-refractivity contribution < 1.29 is 9.53 Å². The number of nitrogens with one attached hydrogen (secondary N) is 1. The average molecular weight is 384 g/mol. The number of carbonyl (C=O) groups excluding carboxylic acids is 1. The summed E-state index contributed by atoms with van der Waals surface area (Å²) in [6.07, 6.45) is 27.6. The number of alkyl carbamates (subject to hydrolysis) is 1. The third-order valence-electron chi connectivity index (χ3n) is 5.49. The Labute approximate surface area is 170 Å². The quantitative estimate of drug-likeness (QED) is 0.203. The molecule has 0 bridgehead atoms. The zero-order valence-electron chi connectivity index (χ0n) is 18.7. The van der Waals surface area contributed by atoms with Gasteiger partial charge in [0.05, 0.1) is 7.11 Å². The van der Waals surface area contributed by atoms with E-state index in [2.05, 4.69) is 17.0 Å². The van der Waals surface area contributed by atoms with Crippen LogP contribution in [0.5, 0.6) is 0 Å². The Hall–Kier alpha value is -0.730. The third kappa shape index (κ3) is 23.2. The maximum absolute atomic E-state index is 10.9. The fourth-order valence-corrected chi connectivity index (χ4v) is 3.64. The highest BCUT2D eigenvalue weighted by Crippen LogP contribution is 2.14. The minimum absolute atomic E-state index is 0.312. The van der Waals surface area contributed by atoms with Gasteiger partial charge in [0.15, 0.2) is 0 Å². The number of unbranched alkanes of at least 4 members (excludes halogenated alkanes) is 19. The molecule has 0 saturated carbocycles. The molecular weight excluding hydrogens is 334 g/mol. The fraction of sp³-hybridized carbons (Fsp3) is 0.958. The summed E-state index contributed by atoms with van der Waals surface area (Å²) in [5.74, 6) is 0. The Morgan fingerprint density at radius 1 is 0.556 bits per heavy atom. The van der Waals surface area contributed by atoms with E-state index in [-0.39, 0.29) is 6.09 Å². The topological polar surface area (TPSA) is 38.3 Å². The van der Waals surface area contributed by atoms with Crippen LogP contribution in [0.3, 0.4) is 0 Å². The van der Waals surface area contributed by atoms with Gasteiger partial charge in [0.2, 0.25) is 0 Å². The molecule has 0 rings (SSSR count). The molecule has 0 radical (unpaired) electrons. The van der Waals surface area contributed by atoms with Crippen molar-refractivity contribution in [3.05, 3.63) is 0 Å². The summed E-state index contributed by atoms with van der Waals surface area (Å²) in [6, 6.07) is 0. The molecule has 0 atom stereocenters. The fourth-order valence-electron chi connectivity index (χ4n) is 3.64. The smallest absolute Gasteiger partial charge is 0.406 e. The van der Waals surface area contributed by atoms with E-state index in [9.17, 15) is 4.79 Å². The molecule has 0 aliphatic carbocycles. The molecule has 0 aliphatic heterocycles. The van der Waals surface area contributed by atoms with Crippen molar-refractivity contribution in [1.29, 1.82) is 0 Å². The van der Waals surface area contributed by atoms with Gasteiger partial charge in [-0.1, -0.05) is 129 Å². The molecule has 0 aromatic rings. The lowest BCUT2D eigenvalue weighted by Gasteiger charge is -2.04. The van der Waals surface area contributed by atoms with Crippen LogP contribution in [0.2, 0.25) is 0 Å². The van der Waals surface area contributed by atoms with Crippen molar-refractivity contribution >= 4 is 6.09 Å². The Kier molecular flexibility index (Phi) is 22.7. The second-order valence-corrected chi connectivity index (χ2v) is 8.14. The highest BCUT2D eigenvalue weighted by molar-refractivity contribution is 5.66. The molecule has 1 amide bonds. The number of hydrogen-bond donors (Lipinski definition) is 1. The van der Waals surface area contributed by atoms with Gasteiger partial charge in [-0.05, 0) is 6.42 Å². The number of amides is 1. The third-order valence-corrected chi connectivity index (χ3v) is 5.49. The number of hydrogen-bond acceptors (Lipinski definition) is 2. The number of carbonyl (C=O) groups is 1. The molecule has 27 heavy (non-hydrogen) atoms. The van der Waals surface area contributed by atoms with E-state index >= 15 is 0 Å². The predicted octanol–water partition coefficient (Wildman–Crippen LogP) is 8.16. The molecular formula is C24H49NO2. The first-order valence-electron chi connectivity index (χ1n) is 12.1. The van der Waals surface area contributed by atoms with E-state index in [4.69, 9.17) is 0 Å². The molecule has 0 spiro atoms. The first kappa shape index (κ1) is 26.3. The highest BCUT2D eigenvalue weighted by atomic mass is 16.5. The van der Waals surface area contributed by atoms with E-state index in [1.807, 2.05) is 0 Å². The summed E-state index contributed by atoms with van der Waals surface area (Å²) >= 11 is 0. The van der Waals surface area contributed by atoms with Crippen molar-refractivity contribution in [3.8, 4) is 0 Å². The Bertz CT molecular complexity index is 294. The molecule has 1 N–H and O–H groups in total. The molecule has 0 heterocycles. The molecule has 0 unspecified atom stereocenters. The van der Waals surface area contributed by atoms with Gasteiger partial charge in [-0.3, -0.25) is 0 Å². The number of ether oxygens (including phenoxy) is 1. The normalized spacial score (nSPS) is 10.9. The second kappa shape index (κ2) is 23.3. The first-order chi connectivity index (χ1) is 13.3. The predicted molar refractivity (Wildman–Crippen MR) is 118 cm³/mol. The minimum Gasteiger partial charge on any atom is -0.453 e. The van der Waals surface area contributed by atoms with Crippen molar-refractivity contribution in [1.82, 2.24) is 5.32 Å². The maximum atomic E-state index is 10.9. The van der Waals surface area contributed by atoms with Gasteiger partial charge in [-0.25, -0.2) is 4.79 Å². The molecule has 0 fully saturated rings. The lowest BCUT2D eigenvalue weighted by Crippen LogP contribution is -2.23. The van der Waals surface area contributed by atoms with Crippen LogP contribution in [-0.4, -0.2) is 19.7 Å². The van der Waals surface area contributed by atoms with Crippen LogP contribution in [0, 0.1) is 0 Å². The van der Waals surface area contributed by atoms with Gasteiger partial charge in [-0.2, -0.15) is 0 Å². The van der Waals surface area contributed by atoms with Crippen molar-refractivity contribution in [2.24, 2.45) is 0 Å². The Morgan fingerprint density at radius 3 is 1.15 bits per heavy atom. The summed E-state index contributed by atoms with van der Waals surface area (Å²) < 4.78 is 4.54. The Morgan fingerprint density at radius 2 is 0.852 bits per heavy atom. The van der Waals surface area contributed by atoms with Gasteiger partial charge < -0.3 is 10.1 Å². The van der Waals surface area contributed by atoms with Gasteiger partial charge in [0.1, 0.15) is 0 Å². The molecule has 3 heteroatoms. The van der Waals surface area contributed by atoms with Crippen molar-refractivity contribution in [2.45, 2.75) is 135 Å². The highest BCUT2D eigenvalue weighted by Gasteiger charge is 1.97. The van der Waals surface area contributed by atoms with Crippen LogP contribution in [-0.2, 0) is 4.74 Å². The van der Waals surface area contributed by atoms with Crippen LogP contribution in [0.15, 0.2) is 0 Å². The summed E-state index contributed by atoms with van der Waals surface area (Å²) in [5, 5.41) is 2.73. The molecule has 0 aliphatic rings. The molecule has 162 valence electrons. The number of rotatable bonds is 21. The van der Waals surface area contributed by atoms with Crippen LogP contribution in [0.4, 0.5) is 4.79 Å². The maximum Gasteiger partial charge on any atom is 0.406 e. The van der Waals surface area contributed by atoms with Crippen molar-refractivity contribution in [3.63, 3.8) is 0 Å². The zero-order valence-corrected chi connectivity index (χ0v) is 18.7. The second-order valence-electron chi connectivity index (χ2n) is 8.14. The lowest BCUT2D eigenvalue weighted by molar-refractivity contribution is 0.171. The first-order valence-corrected chi connectivity index (χ1v) is 12.1. The summed E-state index contributed by atoms with van der Waals surface area (Å²) in [7, 11) is 1.41. The molecule has 0 saturated heterocycles. The van der Waals surface area contributed by atoms with Crippen LogP contribution < -0.4 is 5.32 Å². The monoisotopic (exact) mass is 383 g/mol. The van der Waals surface area contributed by atoms with Gasteiger partial charge in [0.25, 0.3) is 0 Å². The van der Waals surface area contributed by atoms with E-state index in [0.717, 1.165) is 13.0 Å². The zero-order chi connectivity index (χ0) is 19.8. The molecule has 3 nitrogen and oxygen atoms in total. The largest absolute Gasteiger partial charge is 0.453 e. The summed E-state index contributed by atoms with van der Waals surface area (Å²) in [5.41, 5.74) is 0. The summed E-state index contributed by atoms with van der Waals surface area (Å²) in [6.45, 7) is 3.03. The van der Waals surface area contributed by atoms with E-state index in [1.54, 1.807) is 0 Å². The average Bonchev–Trinajstić information content (AvgIpc) is 2.68. The Balaban J connectivity index is 3.00. The lowest BCUT2D eigenvalue weighted by atomic mass is 10.0. The van der Waals surface area contributed by atoms with E-state index in [0.29, 0.717) is 0 Å². The van der Waals surface area contributed by atoms with Crippen molar-refractivity contribution in [2.75, 3.05) is 13.7 Å². The summed E-state index contributed by atoms with van der Waals surface area (Å²) in [4.78, 5) is 10.9. The standard InChI is InChI=1S/C24H49NO2/c1-3-4-5-6-7-8-9-10-11-12-13-14-15-16-17-18-19-20-21-22-23-25-24(26)27-2/h3-23H2,1-2H3,(H,25,26). The van der Waals surface area contributed by atoms with Gasteiger partial charge in [0, 0.05) is 6.54 Å².